The molecule has 2 aliphatic heterocycles. The quantitative estimate of drug-likeness (QED) is 0.860. The average molecular weight is 313 g/mol. The summed E-state index contributed by atoms with van der Waals surface area (Å²) in [5.41, 5.74) is 0. The molecule has 8 heteroatoms. The molecule has 2 unspecified atom stereocenters. The minimum Gasteiger partial charge on any atom is -0.481 e. The van der Waals surface area contributed by atoms with Crippen molar-refractivity contribution in [2.24, 2.45) is 11.8 Å². The summed E-state index contributed by atoms with van der Waals surface area (Å²) in [5, 5.41) is 17.3. The summed E-state index contributed by atoms with van der Waals surface area (Å²) in [5.74, 6) is 0.968. The van der Waals surface area contributed by atoms with Crippen LogP contribution in [0.15, 0.2) is 0 Å². The number of nitrogens with zero attached hydrogens (tertiary/aromatic N) is 3. The molecule has 2 aliphatic rings. The van der Waals surface area contributed by atoms with Gasteiger partial charge in [0.25, 0.3) is 0 Å². The topological polar surface area (TPSA) is 102 Å². The van der Waals surface area contributed by atoms with E-state index >= 15 is 0 Å². The van der Waals surface area contributed by atoms with Gasteiger partial charge >= 0.3 is 5.97 Å². The van der Waals surface area contributed by atoms with Crippen molar-refractivity contribution in [3.8, 4) is 0 Å². The van der Waals surface area contributed by atoms with Crippen molar-refractivity contribution in [1.29, 1.82) is 0 Å². The van der Waals surface area contributed by atoms with Gasteiger partial charge in [0.15, 0.2) is 9.84 Å². The van der Waals surface area contributed by atoms with Gasteiger partial charge in [-0.3, -0.25) is 4.79 Å². The highest BCUT2D eigenvalue weighted by atomic mass is 32.2. The van der Waals surface area contributed by atoms with Crippen molar-refractivity contribution in [2.45, 2.75) is 38.6 Å². The van der Waals surface area contributed by atoms with Gasteiger partial charge in [0.2, 0.25) is 0 Å². The van der Waals surface area contributed by atoms with Crippen LogP contribution in [0.2, 0.25) is 0 Å². The lowest BCUT2D eigenvalue weighted by atomic mass is 9.97. The predicted molar refractivity (Wildman–Crippen MR) is 74.6 cm³/mol. The molecule has 1 aromatic heterocycles. The molecule has 0 aliphatic carbocycles. The standard InChI is InChI=1S/C13H19N3O4S/c17-13(18)10-3-4-16-11(14-15-12(16)7-10)6-9-2-1-5-21(19,20)8-9/h9-10H,1-8H2,(H,17,18). The second-order valence-corrected chi connectivity index (χ2v) is 8.27. The van der Waals surface area contributed by atoms with E-state index in [0.717, 1.165) is 18.7 Å². The summed E-state index contributed by atoms with van der Waals surface area (Å²) >= 11 is 0. The number of aromatic nitrogens is 3. The van der Waals surface area contributed by atoms with E-state index in [-0.39, 0.29) is 17.6 Å². The summed E-state index contributed by atoms with van der Waals surface area (Å²) in [6.07, 6.45) is 3.22. The van der Waals surface area contributed by atoms with E-state index < -0.39 is 15.8 Å². The van der Waals surface area contributed by atoms with E-state index in [1.54, 1.807) is 0 Å². The Bertz CT molecular complexity index is 652. The van der Waals surface area contributed by atoms with Crippen LogP contribution in [-0.4, -0.2) is 45.8 Å². The fourth-order valence-corrected chi connectivity index (χ4v) is 5.06. The monoisotopic (exact) mass is 313 g/mol. The number of rotatable bonds is 3. The summed E-state index contributed by atoms with van der Waals surface area (Å²) in [6.45, 7) is 0.605. The highest BCUT2D eigenvalue weighted by Crippen LogP contribution is 2.25. The Morgan fingerprint density at radius 1 is 1.33 bits per heavy atom. The number of sulfone groups is 1. The van der Waals surface area contributed by atoms with Gasteiger partial charge in [-0.05, 0) is 25.2 Å². The molecule has 116 valence electrons. The molecule has 0 radical (unpaired) electrons. The molecular formula is C13H19N3O4S. The molecule has 7 nitrogen and oxygen atoms in total. The third kappa shape index (κ3) is 3.09. The van der Waals surface area contributed by atoms with Gasteiger partial charge in [-0.15, -0.1) is 10.2 Å². The minimum absolute atomic E-state index is 0.106. The first-order valence-electron chi connectivity index (χ1n) is 7.29. The molecule has 1 aromatic rings. The molecule has 21 heavy (non-hydrogen) atoms. The third-order valence-corrected chi connectivity index (χ3v) is 6.30. The normalized spacial score (nSPS) is 28.0. The lowest BCUT2D eigenvalue weighted by Gasteiger charge is -2.24. The van der Waals surface area contributed by atoms with Crippen molar-refractivity contribution >= 4 is 15.8 Å². The molecule has 0 amide bonds. The summed E-state index contributed by atoms with van der Waals surface area (Å²) in [7, 11) is -2.91. The summed E-state index contributed by atoms with van der Waals surface area (Å²) in [6, 6.07) is 0. The van der Waals surface area contributed by atoms with Gasteiger partial charge in [0.1, 0.15) is 11.6 Å². The molecule has 3 rings (SSSR count). The number of carbonyl (C=O) groups is 1. The molecule has 2 atom stereocenters. The van der Waals surface area contributed by atoms with Gasteiger partial charge in [0, 0.05) is 19.4 Å². The Morgan fingerprint density at radius 3 is 2.86 bits per heavy atom. The molecule has 0 aromatic carbocycles. The SMILES string of the molecule is O=C(O)C1CCn2c(CC3CCCS(=O)(=O)C3)nnc2C1. The van der Waals surface area contributed by atoms with Crippen LogP contribution in [0, 0.1) is 11.8 Å². The first-order chi connectivity index (χ1) is 9.94. The van der Waals surface area contributed by atoms with Crippen molar-refractivity contribution in [3.63, 3.8) is 0 Å². The maximum atomic E-state index is 11.7. The van der Waals surface area contributed by atoms with Crippen LogP contribution in [-0.2, 0) is 34.0 Å². The fraction of sp³-hybridized carbons (Fsp3) is 0.769. The number of hydrogen-bond acceptors (Lipinski definition) is 5. The van der Waals surface area contributed by atoms with E-state index in [2.05, 4.69) is 10.2 Å². The highest BCUT2D eigenvalue weighted by Gasteiger charge is 2.30. The Labute approximate surface area is 123 Å². The Hall–Kier alpha value is -1.44. The van der Waals surface area contributed by atoms with Crippen LogP contribution in [0.5, 0.6) is 0 Å². The summed E-state index contributed by atoms with van der Waals surface area (Å²) in [4.78, 5) is 11.0. The van der Waals surface area contributed by atoms with E-state index in [9.17, 15) is 13.2 Å². The van der Waals surface area contributed by atoms with Crippen molar-refractivity contribution in [3.05, 3.63) is 11.6 Å². The molecule has 1 saturated heterocycles. The fourth-order valence-electron chi connectivity index (χ4n) is 3.29. The van der Waals surface area contributed by atoms with Crippen LogP contribution in [0.3, 0.4) is 0 Å². The second-order valence-electron chi connectivity index (χ2n) is 6.04. The Kier molecular flexibility index (Phi) is 3.73. The number of hydrogen-bond donors (Lipinski definition) is 1. The average Bonchev–Trinajstić information content (AvgIpc) is 2.80. The van der Waals surface area contributed by atoms with Crippen LogP contribution < -0.4 is 0 Å². The number of carboxylic acid groups (broad SMARTS) is 1. The maximum Gasteiger partial charge on any atom is 0.307 e. The smallest absolute Gasteiger partial charge is 0.307 e. The second kappa shape index (κ2) is 5.40. The molecule has 0 spiro atoms. The zero-order chi connectivity index (χ0) is 15.0. The van der Waals surface area contributed by atoms with Gasteiger partial charge < -0.3 is 9.67 Å². The van der Waals surface area contributed by atoms with Crippen LogP contribution >= 0.6 is 0 Å². The lowest BCUT2D eigenvalue weighted by Crippen LogP contribution is -2.29. The summed E-state index contributed by atoms with van der Waals surface area (Å²) < 4.78 is 25.3. The molecule has 0 saturated carbocycles. The zero-order valence-corrected chi connectivity index (χ0v) is 12.5. The van der Waals surface area contributed by atoms with E-state index in [1.165, 1.54) is 0 Å². The van der Waals surface area contributed by atoms with Gasteiger partial charge in [-0.2, -0.15) is 0 Å². The largest absolute Gasteiger partial charge is 0.481 e. The van der Waals surface area contributed by atoms with Crippen molar-refractivity contribution in [1.82, 2.24) is 14.8 Å². The number of carboxylic acids is 1. The zero-order valence-electron chi connectivity index (χ0n) is 11.7. The lowest BCUT2D eigenvalue weighted by molar-refractivity contribution is -0.142. The maximum absolute atomic E-state index is 11.7. The van der Waals surface area contributed by atoms with Gasteiger partial charge in [0.05, 0.1) is 17.4 Å². The van der Waals surface area contributed by atoms with Crippen LogP contribution in [0.25, 0.3) is 0 Å². The van der Waals surface area contributed by atoms with Crippen LogP contribution in [0.4, 0.5) is 0 Å². The van der Waals surface area contributed by atoms with Gasteiger partial charge in [-0.25, -0.2) is 8.42 Å². The highest BCUT2D eigenvalue weighted by molar-refractivity contribution is 7.91. The van der Waals surface area contributed by atoms with Crippen molar-refractivity contribution in [2.75, 3.05) is 11.5 Å². The Morgan fingerprint density at radius 2 is 2.14 bits per heavy atom. The molecule has 0 bridgehead atoms. The molecule has 1 N–H and O–H groups in total. The molecule has 3 heterocycles. The third-order valence-electron chi connectivity index (χ3n) is 4.41. The number of aliphatic carboxylic acids is 1. The minimum atomic E-state index is -2.91. The first kappa shape index (κ1) is 14.5. The number of fused-ring (bicyclic) bond motifs is 1. The van der Waals surface area contributed by atoms with Gasteiger partial charge in [-0.1, -0.05) is 0 Å². The van der Waals surface area contributed by atoms with E-state index in [1.807, 2.05) is 4.57 Å². The Balaban J connectivity index is 1.72. The molecular weight excluding hydrogens is 294 g/mol. The predicted octanol–water partition coefficient (Wildman–Crippen LogP) is 0.292. The molecule has 1 fully saturated rings. The van der Waals surface area contributed by atoms with Crippen LogP contribution in [0.1, 0.15) is 30.9 Å². The van der Waals surface area contributed by atoms with Crippen molar-refractivity contribution < 1.29 is 18.3 Å². The first-order valence-corrected chi connectivity index (χ1v) is 9.11. The van der Waals surface area contributed by atoms with E-state index in [4.69, 9.17) is 5.11 Å². The van der Waals surface area contributed by atoms with E-state index in [0.29, 0.717) is 37.4 Å².